The van der Waals surface area contributed by atoms with Crippen molar-refractivity contribution in [3.63, 3.8) is 0 Å². The number of amides is 1. The molecule has 0 spiro atoms. The summed E-state index contributed by atoms with van der Waals surface area (Å²) in [5.41, 5.74) is 0.617. The summed E-state index contributed by atoms with van der Waals surface area (Å²) in [6.45, 7) is 1.79. The topological polar surface area (TPSA) is 50.4 Å². The largest absolute Gasteiger partial charge is 0.497 e. The highest BCUT2D eigenvalue weighted by atomic mass is 19.1. The standard InChI is InChI=1S/C19H18F2N2O2/c1-25-11-3-5-12(17(21)7-11)10-2-4-13(16(20)6-10)19(24)23-18-14-8-22-9-15(14)18/h2-7,14-15,18,22H,8-9H2,1H3,(H,23,24)/t14-,15+,18?. The number of halogens is 2. The van der Waals surface area contributed by atoms with Crippen molar-refractivity contribution in [2.75, 3.05) is 20.2 Å². The zero-order chi connectivity index (χ0) is 17.6. The molecule has 130 valence electrons. The summed E-state index contributed by atoms with van der Waals surface area (Å²) in [5.74, 6) is -0.274. The number of hydrogen-bond acceptors (Lipinski definition) is 3. The van der Waals surface area contributed by atoms with Crippen LogP contribution in [-0.4, -0.2) is 32.1 Å². The average molecular weight is 344 g/mol. The van der Waals surface area contributed by atoms with Crippen molar-refractivity contribution >= 4 is 5.91 Å². The van der Waals surface area contributed by atoms with Crippen LogP contribution in [0.4, 0.5) is 8.78 Å². The molecule has 25 heavy (non-hydrogen) atoms. The Hall–Kier alpha value is -2.47. The number of methoxy groups -OCH3 is 1. The summed E-state index contributed by atoms with van der Waals surface area (Å²) in [7, 11) is 1.45. The summed E-state index contributed by atoms with van der Waals surface area (Å²) in [4.78, 5) is 12.3. The van der Waals surface area contributed by atoms with E-state index in [4.69, 9.17) is 4.74 Å². The molecule has 1 heterocycles. The van der Waals surface area contributed by atoms with Crippen LogP contribution in [0.1, 0.15) is 10.4 Å². The molecule has 1 saturated heterocycles. The van der Waals surface area contributed by atoms with E-state index in [9.17, 15) is 13.6 Å². The number of carbonyl (C=O) groups excluding carboxylic acids is 1. The molecule has 2 aromatic rings. The minimum absolute atomic E-state index is 0.0180. The number of fused-ring (bicyclic) bond motifs is 1. The Morgan fingerprint density at radius 2 is 1.88 bits per heavy atom. The van der Waals surface area contributed by atoms with Crippen molar-refractivity contribution in [3.8, 4) is 16.9 Å². The zero-order valence-electron chi connectivity index (χ0n) is 13.7. The Kier molecular flexibility index (Phi) is 3.92. The molecule has 2 fully saturated rings. The van der Waals surface area contributed by atoms with Crippen LogP contribution in [0.5, 0.6) is 5.75 Å². The molecule has 0 bridgehead atoms. The van der Waals surface area contributed by atoms with Gasteiger partial charge in [0.1, 0.15) is 17.4 Å². The summed E-state index contributed by atoms with van der Waals surface area (Å²) in [6.07, 6.45) is 0. The summed E-state index contributed by atoms with van der Waals surface area (Å²) in [6, 6.07) is 8.66. The van der Waals surface area contributed by atoms with Crippen LogP contribution in [0.15, 0.2) is 36.4 Å². The molecule has 6 heteroatoms. The summed E-state index contributed by atoms with van der Waals surface area (Å²) in [5, 5.41) is 6.13. The minimum Gasteiger partial charge on any atom is -0.497 e. The van der Waals surface area contributed by atoms with Crippen LogP contribution in [0.2, 0.25) is 0 Å². The van der Waals surface area contributed by atoms with Crippen molar-refractivity contribution in [1.29, 1.82) is 0 Å². The first-order chi connectivity index (χ1) is 12.1. The van der Waals surface area contributed by atoms with E-state index in [0.29, 0.717) is 23.1 Å². The molecule has 3 atom stereocenters. The molecule has 1 aliphatic heterocycles. The Morgan fingerprint density at radius 1 is 1.12 bits per heavy atom. The first kappa shape index (κ1) is 16.0. The van der Waals surface area contributed by atoms with E-state index in [-0.39, 0.29) is 17.2 Å². The summed E-state index contributed by atoms with van der Waals surface area (Å²) < 4.78 is 33.5. The number of piperidine rings is 1. The molecule has 1 saturated carbocycles. The minimum atomic E-state index is -0.658. The fourth-order valence-electron chi connectivity index (χ4n) is 3.59. The highest BCUT2D eigenvalue weighted by Gasteiger charge is 2.53. The normalized spacial score (nSPS) is 23.9. The maximum Gasteiger partial charge on any atom is 0.254 e. The molecule has 0 aromatic heterocycles. The van der Waals surface area contributed by atoms with Crippen LogP contribution in [0, 0.1) is 23.5 Å². The Labute approximate surface area is 144 Å². The van der Waals surface area contributed by atoms with Crippen molar-refractivity contribution in [2.24, 2.45) is 11.8 Å². The Balaban J connectivity index is 1.53. The highest BCUT2D eigenvalue weighted by Crippen LogP contribution is 2.41. The smallest absolute Gasteiger partial charge is 0.254 e. The van der Waals surface area contributed by atoms with Crippen molar-refractivity contribution in [3.05, 3.63) is 53.6 Å². The lowest BCUT2D eigenvalue weighted by Crippen LogP contribution is -2.33. The SMILES string of the molecule is COc1ccc(-c2ccc(C(=O)NC3[C@H]4CNC[C@@H]34)c(F)c2)c(F)c1. The third-order valence-corrected chi connectivity index (χ3v) is 5.09. The molecule has 1 aliphatic carbocycles. The highest BCUT2D eigenvalue weighted by molar-refractivity contribution is 5.95. The average Bonchev–Trinajstić information content (AvgIpc) is 3.03. The molecule has 2 N–H and O–H groups in total. The number of nitrogens with one attached hydrogen (secondary N) is 2. The number of carbonyl (C=O) groups is 1. The van der Waals surface area contributed by atoms with Gasteiger partial charge in [0.25, 0.3) is 5.91 Å². The molecule has 4 rings (SSSR count). The molecular formula is C19H18F2N2O2. The fourth-order valence-corrected chi connectivity index (χ4v) is 3.59. The van der Waals surface area contributed by atoms with Gasteiger partial charge in [-0.2, -0.15) is 0 Å². The van der Waals surface area contributed by atoms with Crippen LogP contribution >= 0.6 is 0 Å². The molecule has 0 radical (unpaired) electrons. The monoisotopic (exact) mass is 344 g/mol. The number of benzene rings is 2. The quantitative estimate of drug-likeness (QED) is 0.896. The van der Waals surface area contributed by atoms with Crippen molar-refractivity contribution in [2.45, 2.75) is 6.04 Å². The van der Waals surface area contributed by atoms with Gasteiger partial charge in [-0.05, 0) is 41.7 Å². The van der Waals surface area contributed by atoms with Gasteiger partial charge >= 0.3 is 0 Å². The van der Waals surface area contributed by atoms with Gasteiger partial charge in [0.2, 0.25) is 0 Å². The lowest BCUT2D eigenvalue weighted by atomic mass is 10.0. The van der Waals surface area contributed by atoms with Gasteiger partial charge in [-0.15, -0.1) is 0 Å². The van der Waals surface area contributed by atoms with E-state index in [1.807, 2.05) is 0 Å². The predicted molar refractivity (Wildman–Crippen MR) is 89.4 cm³/mol. The Bertz CT molecular complexity index is 830. The lowest BCUT2D eigenvalue weighted by Gasteiger charge is -2.10. The predicted octanol–water partition coefficient (Wildman–Crippen LogP) is 2.59. The molecule has 2 aromatic carbocycles. The molecule has 4 nitrogen and oxygen atoms in total. The summed E-state index contributed by atoms with van der Waals surface area (Å²) >= 11 is 0. The van der Waals surface area contributed by atoms with E-state index in [0.717, 1.165) is 13.1 Å². The van der Waals surface area contributed by atoms with Crippen LogP contribution in [0.25, 0.3) is 11.1 Å². The van der Waals surface area contributed by atoms with Gasteiger partial charge in [-0.1, -0.05) is 6.07 Å². The zero-order valence-corrected chi connectivity index (χ0v) is 13.7. The van der Waals surface area contributed by atoms with Gasteiger partial charge in [0.15, 0.2) is 0 Å². The second kappa shape index (κ2) is 6.11. The third-order valence-electron chi connectivity index (χ3n) is 5.09. The van der Waals surface area contributed by atoms with E-state index >= 15 is 0 Å². The number of ether oxygens (including phenoxy) is 1. The first-order valence-corrected chi connectivity index (χ1v) is 8.23. The van der Waals surface area contributed by atoms with E-state index in [1.54, 1.807) is 12.1 Å². The fraction of sp³-hybridized carbons (Fsp3) is 0.316. The van der Waals surface area contributed by atoms with Gasteiger partial charge < -0.3 is 15.4 Å². The second-order valence-corrected chi connectivity index (χ2v) is 6.53. The van der Waals surface area contributed by atoms with Crippen LogP contribution in [0.3, 0.4) is 0 Å². The first-order valence-electron chi connectivity index (χ1n) is 8.23. The van der Waals surface area contributed by atoms with Crippen LogP contribution in [-0.2, 0) is 0 Å². The molecule has 1 amide bonds. The van der Waals surface area contributed by atoms with E-state index in [2.05, 4.69) is 10.6 Å². The maximum atomic E-state index is 14.4. The number of hydrogen-bond donors (Lipinski definition) is 2. The molecule has 1 unspecified atom stereocenters. The van der Waals surface area contributed by atoms with Gasteiger partial charge in [0.05, 0.1) is 12.7 Å². The van der Waals surface area contributed by atoms with Crippen LogP contribution < -0.4 is 15.4 Å². The van der Waals surface area contributed by atoms with Gasteiger partial charge in [-0.25, -0.2) is 8.78 Å². The number of rotatable bonds is 4. The van der Waals surface area contributed by atoms with Gasteiger partial charge in [0, 0.05) is 30.8 Å². The molecular weight excluding hydrogens is 326 g/mol. The maximum absolute atomic E-state index is 14.4. The third kappa shape index (κ3) is 2.87. The lowest BCUT2D eigenvalue weighted by molar-refractivity contribution is 0.0942. The molecule has 2 aliphatic rings. The van der Waals surface area contributed by atoms with Crippen molar-refractivity contribution in [1.82, 2.24) is 10.6 Å². The van der Waals surface area contributed by atoms with Crippen molar-refractivity contribution < 1.29 is 18.3 Å². The Morgan fingerprint density at radius 3 is 2.52 bits per heavy atom. The van der Waals surface area contributed by atoms with E-state index < -0.39 is 17.5 Å². The second-order valence-electron chi connectivity index (χ2n) is 6.53. The van der Waals surface area contributed by atoms with E-state index in [1.165, 1.54) is 31.4 Å². The van der Waals surface area contributed by atoms with Gasteiger partial charge in [-0.3, -0.25) is 4.79 Å².